The van der Waals surface area contributed by atoms with Gasteiger partial charge in [0.25, 0.3) is 0 Å². The van der Waals surface area contributed by atoms with E-state index in [4.69, 9.17) is 0 Å². The quantitative estimate of drug-likeness (QED) is 0.681. The minimum Gasteiger partial charge on any atom is -0.354 e. The molecule has 15 heavy (non-hydrogen) atoms. The van der Waals surface area contributed by atoms with Crippen LogP contribution in [0.3, 0.4) is 0 Å². The molecule has 0 aromatic carbocycles. The van der Waals surface area contributed by atoms with E-state index in [0.29, 0.717) is 0 Å². The maximum Gasteiger partial charge on any atom is 0.150 e. The molecule has 2 rings (SSSR count). The molecule has 0 spiro atoms. The molecule has 80 valence electrons. The van der Waals surface area contributed by atoms with Crippen molar-refractivity contribution in [2.24, 2.45) is 5.92 Å². The first-order valence-corrected chi connectivity index (χ1v) is 5.29. The van der Waals surface area contributed by atoms with E-state index in [1.54, 1.807) is 12.4 Å². The lowest BCUT2D eigenvalue weighted by Gasteiger charge is -2.31. The van der Waals surface area contributed by atoms with Gasteiger partial charge in [0.2, 0.25) is 0 Å². The summed E-state index contributed by atoms with van der Waals surface area (Å²) in [6, 6.07) is 0. The molecule has 2 heterocycles. The Kier molecular flexibility index (Phi) is 2.94. The van der Waals surface area contributed by atoms with Gasteiger partial charge >= 0.3 is 0 Å². The molecule has 4 nitrogen and oxygen atoms in total. The number of piperidine rings is 1. The summed E-state index contributed by atoms with van der Waals surface area (Å²) in [5.41, 5.74) is 0.934. The average Bonchev–Trinajstić information content (AvgIpc) is 2.30. The molecule has 1 aliphatic rings. The number of aromatic nitrogens is 2. The van der Waals surface area contributed by atoms with E-state index in [9.17, 15) is 4.79 Å². The molecule has 0 amide bonds. The number of carbonyl (C=O) groups excluding carboxylic acids is 1. The lowest BCUT2D eigenvalue weighted by Crippen LogP contribution is -2.37. The standard InChI is InChI=1S/C11H15N3O/c1-9-11(13-5-4-12-9)14-6-2-3-10(7-14)8-15/h4-5,8,10H,2-3,6-7H2,1H3. The molecule has 1 unspecified atom stereocenters. The molecular formula is C11H15N3O. The lowest BCUT2D eigenvalue weighted by molar-refractivity contribution is -0.111. The molecule has 0 saturated carbocycles. The summed E-state index contributed by atoms with van der Waals surface area (Å²) < 4.78 is 0. The van der Waals surface area contributed by atoms with Gasteiger partial charge < -0.3 is 9.69 Å². The van der Waals surface area contributed by atoms with Crippen LogP contribution in [0.15, 0.2) is 12.4 Å². The van der Waals surface area contributed by atoms with E-state index < -0.39 is 0 Å². The van der Waals surface area contributed by atoms with E-state index in [1.165, 1.54) is 0 Å². The highest BCUT2D eigenvalue weighted by Crippen LogP contribution is 2.21. The molecule has 0 aliphatic carbocycles. The number of nitrogens with zero attached hydrogens (tertiary/aromatic N) is 3. The number of carbonyl (C=O) groups is 1. The van der Waals surface area contributed by atoms with Gasteiger partial charge in [0.05, 0.1) is 5.69 Å². The van der Waals surface area contributed by atoms with Crippen LogP contribution in [0.5, 0.6) is 0 Å². The Bertz CT molecular complexity index is 353. The molecule has 1 atom stereocenters. The van der Waals surface area contributed by atoms with Crippen LogP contribution in [0.2, 0.25) is 0 Å². The van der Waals surface area contributed by atoms with Crippen molar-refractivity contribution < 1.29 is 4.79 Å². The smallest absolute Gasteiger partial charge is 0.150 e. The van der Waals surface area contributed by atoms with E-state index in [2.05, 4.69) is 14.9 Å². The second-order valence-electron chi connectivity index (χ2n) is 3.95. The summed E-state index contributed by atoms with van der Waals surface area (Å²) in [4.78, 5) is 21.4. The number of aryl methyl sites for hydroxylation is 1. The predicted octanol–water partition coefficient (Wildman–Crippen LogP) is 1.20. The molecule has 1 fully saturated rings. The summed E-state index contributed by atoms with van der Waals surface area (Å²) in [5.74, 6) is 1.07. The first-order chi connectivity index (χ1) is 7.31. The second kappa shape index (κ2) is 4.38. The fourth-order valence-corrected chi connectivity index (χ4v) is 2.02. The summed E-state index contributed by atoms with van der Waals surface area (Å²) in [6.07, 6.45) is 6.50. The summed E-state index contributed by atoms with van der Waals surface area (Å²) >= 11 is 0. The number of hydrogen-bond donors (Lipinski definition) is 0. The molecule has 4 heteroatoms. The van der Waals surface area contributed by atoms with Gasteiger partial charge in [0, 0.05) is 31.4 Å². The van der Waals surface area contributed by atoms with Crippen LogP contribution in [0.25, 0.3) is 0 Å². The van der Waals surface area contributed by atoms with Gasteiger partial charge in [-0.2, -0.15) is 0 Å². The van der Waals surface area contributed by atoms with Gasteiger partial charge in [-0.3, -0.25) is 4.98 Å². The molecule has 1 aliphatic heterocycles. The Hall–Kier alpha value is -1.45. The van der Waals surface area contributed by atoms with Gasteiger partial charge in [-0.05, 0) is 19.8 Å². The topological polar surface area (TPSA) is 46.1 Å². The Morgan fingerprint density at radius 1 is 1.47 bits per heavy atom. The van der Waals surface area contributed by atoms with E-state index in [-0.39, 0.29) is 5.92 Å². The zero-order valence-corrected chi connectivity index (χ0v) is 8.89. The van der Waals surface area contributed by atoms with Gasteiger partial charge in [-0.15, -0.1) is 0 Å². The number of hydrogen-bond acceptors (Lipinski definition) is 4. The summed E-state index contributed by atoms with van der Waals surface area (Å²) in [6.45, 7) is 3.71. The minimum atomic E-state index is 0.153. The zero-order chi connectivity index (χ0) is 10.7. The number of rotatable bonds is 2. The molecule has 0 N–H and O–H groups in total. The maximum absolute atomic E-state index is 10.8. The van der Waals surface area contributed by atoms with Crippen molar-refractivity contribution in [1.29, 1.82) is 0 Å². The maximum atomic E-state index is 10.8. The molecule has 1 saturated heterocycles. The van der Waals surface area contributed by atoms with E-state index in [0.717, 1.165) is 43.7 Å². The first kappa shape index (κ1) is 10.1. The Morgan fingerprint density at radius 3 is 3.00 bits per heavy atom. The van der Waals surface area contributed by atoms with Crippen LogP contribution in [0.4, 0.5) is 5.82 Å². The first-order valence-electron chi connectivity index (χ1n) is 5.29. The monoisotopic (exact) mass is 205 g/mol. The lowest BCUT2D eigenvalue weighted by atomic mass is 10.00. The van der Waals surface area contributed by atoms with E-state index >= 15 is 0 Å². The van der Waals surface area contributed by atoms with E-state index in [1.807, 2.05) is 6.92 Å². The highest BCUT2D eigenvalue weighted by atomic mass is 16.1. The highest BCUT2D eigenvalue weighted by molar-refractivity contribution is 5.56. The minimum absolute atomic E-state index is 0.153. The number of anilines is 1. The van der Waals surface area contributed by atoms with Gasteiger partial charge in [-0.1, -0.05) is 0 Å². The summed E-state index contributed by atoms with van der Waals surface area (Å²) in [5, 5.41) is 0. The normalized spacial score (nSPS) is 21.4. The zero-order valence-electron chi connectivity index (χ0n) is 8.89. The van der Waals surface area contributed by atoms with Crippen LogP contribution < -0.4 is 4.90 Å². The van der Waals surface area contributed by atoms with Crippen molar-refractivity contribution >= 4 is 12.1 Å². The van der Waals surface area contributed by atoms with Gasteiger partial charge in [0.1, 0.15) is 12.1 Å². The van der Waals surface area contributed by atoms with Crippen molar-refractivity contribution in [3.63, 3.8) is 0 Å². The van der Waals surface area contributed by atoms with Crippen LogP contribution in [-0.4, -0.2) is 29.3 Å². The van der Waals surface area contributed by atoms with Crippen LogP contribution in [0.1, 0.15) is 18.5 Å². The molecule has 0 bridgehead atoms. The van der Waals surface area contributed by atoms with Crippen molar-refractivity contribution in [2.45, 2.75) is 19.8 Å². The third-order valence-corrected chi connectivity index (χ3v) is 2.81. The Balaban J connectivity index is 2.16. The largest absolute Gasteiger partial charge is 0.354 e. The highest BCUT2D eigenvalue weighted by Gasteiger charge is 2.21. The SMILES string of the molecule is Cc1nccnc1N1CCCC(C=O)C1. The van der Waals surface area contributed by atoms with Gasteiger partial charge in [0.15, 0.2) is 0 Å². The fourth-order valence-electron chi connectivity index (χ4n) is 2.02. The fraction of sp³-hybridized carbons (Fsp3) is 0.545. The third-order valence-electron chi connectivity index (χ3n) is 2.81. The summed E-state index contributed by atoms with van der Waals surface area (Å²) in [7, 11) is 0. The van der Waals surface area contributed by atoms with Crippen LogP contribution in [-0.2, 0) is 4.79 Å². The molecular weight excluding hydrogens is 190 g/mol. The average molecular weight is 205 g/mol. The van der Waals surface area contributed by atoms with Gasteiger partial charge in [-0.25, -0.2) is 4.98 Å². The number of aldehydes is 1. The van der Waals surface area contributed by atoms with Crippen molar-refractivity contribution in [1.82, 2.24) is 9.97 Å². The Morgan fingerprint density at radius 2 is 2.27 bits per heavy atom. The van der Waals surface area contributed by atoms with Crippen molar-refractivity contribution in [2.75, 3.05) is 18.0 Å². The molecule has 1 aromatic rings. The van der Waals surface area contributed by atoms with Crippen molar-refractivity contribution in [3.05, 3.63) is 18.1 Å². The van der Waals surface area contributed by atoms with Crippen LogP contribution in [0, 0.1) is 12.8 Å². The second-order valence-corrected chi connectivity index (χ2v) is 3.95. The molecule has 1 aromatic heterocycles. The van der Waals surface area contributed by atoms with Crippen LogP contribution >= 0.6 is 0 Å². The third kappa shape index (κ3) is 2.14. The Labute approximate surface area is 89.3 Å². The predicted molar refractivity (Wildman–Crippen MR) is 57.8 cm³/mol. The molecule has 0 radical (unpaired) electrons. The van der Waals surface area contributed by atoms with Crippen molar-refractivity contribution in [3.8, 4) is 0 Å².